The number of rotatable bonds is 3. The third-order valence-corrected chi connectivity index (χ3v) is 4.19. The van der Waals surface area contributed by atoms with Crippen molar-refractivity contribution in [2.24, 2.45) is 0 Å². The summed E-state index contributed by atoms with van der Waals surface area (Å²) in [7, 11) is 0. The molecular formula is C10H13ClF2N2S. The first-order valence-corrected chi connectivity index (χ1v) is 6.72. The Balaban J connectivity index is 1.97. The summed E-state index contributed by atoms with van der Waals surface area (Å²) in [5.41, 5.74) is 0. The maximum absolute atomic E-state index is 13.0. The maximum atomic E-state index is 13.0. The fraction of sp³-hybridized carbons (Fsp3) is 0.800. The van der Waals surface area contributed by atoms with Gasteiger partial charge in [0.2, 0.25) is 5.92 Å². The van der Waals surface area contributed by atoms with E-state index in [1.54, 1.807) is 0 Å². The van der Waals surface area contributed by atoms with Crippen LogP contribution in [0.1, 0.15) is 41.6 Å². The summed E-state index contributed by atoms with van der Waals surface area (Å²) in [5, 5.41) is 9.89. The number of aromatic nitrogens is 2. The zero-order valence-electron chi connectivity index (χ0n) is 8.76. The van der Waals surface area contributed by atoms with Crippen LogP contribution in [0.5, 0.6) is 0 Å². The van der Waals surface area contributed by atoms with Crippen molar-refractivity contribution in [3.8, 4) is 0 Å². The van der Waals surface area contributed by atoms with E-state index in [9.17, 15) is 8.78 Å². The molecule has 16 heavy (non-hydrogen) atoms. The molecule has 2 nitrogen and oxygen atoms in total. The Hall–Kier alpha value is -0.290. The van der Waals surface area contributed by atoms with Gasteiger partial charge < -0.3 is 0 Å². The largest absolute Gasteiger partial charge is 0.248 e. The first-order chi connectivity index (χ1) is 7.61. The first kappa shape index (κ1) is 12.2. The molecule has 1 aliphatic carbocycles. The van der Waals surface area contributed by atoms with Crippen molar-refractivity contribution >= 4 is 22.9 Å². The predicted octanol–water partition coefficient (Wildman–Crippen LogP) is 3.61. The van der Waals surface area contributed by atoms with Gasteiger partial charge in [-0.1, -0.05) is 0 Å². The predicted molar refractivity (Wildman–Crippen MR) is 60.5 cm³/mol. The highest BCUT2D eigenvalue weighted by Gasteiger charge is 2.36. The fourth-order valence-electron chi connectivity index (χ4n) is 1.90. The molecule has 0 spiro atoms. The highest BCUT2D eigenvalue weighted by Crippen LogP contribution is 2.41. The summed E-state index contributed by atoms with van der Waals surface area (Å²) in [6.07, 6.45) is 1.69. The lowest BCUT2D eigenvalue weighted by Crippen LogP contribution is -2.23. The van der Waals surface area contributed by atoms with Crippen molar-refractivity contribution in [2.75, 3.05) is 5.88 Å². The van der Waals surface area contributed by atoms with Crippen molar-refractivity contribution < 1.29 is 8.78 Å². The lowest BCUT2D eigenvalue weighted by molar-refractivity contribution is -0.0382. The van der Waals surface area contributed by atoms with Gasteiger partial charge in [0.1, 0.15) is 10.0 Å². The molecule has 1 fully saturated rings. The Morgan fingerprint density at radius 1 is 1.31 bits per heavy atom. The lowest BCUT2D eigenvalue weighted by Gasteiger charge is -2.26. The Kier molecular flexibility index (Phi) is 3.74. The molecule has 90 valence electrons. The van der Waals surface area contributed by atoms with Crippen LogP contribution in [0.3, 0.4) is 0 Å². The van der Waals surface area contributed by atoms with E-state index < -0.39 is 5.92 Å². The molecule has 6 heteroatoms. The average Bonchev–Trinajstić information content (AvgIpc) is 2.67. The van der Waals surface area contributed by atoms with Crippen LogP contribution in [0.4, 0.5) is 8.78 Å². The molecule has 0 saturated heterocycles. The van der Waals surface area contributed by atoms with Gasteiger partial charge in [0.05, 0.1) is 0 Å². The summed E-state index contributed by atoms with van der Waals surface area (Å²) in [6, 6.07) is 0. The van der Waals surface area contributed by atoms with Gasteiger partial charge in [0.15, 0.2) is 0 Å². The van der Waals surface area contributed by atoms with Crippen molar-refractivity contribution in [2.45, 2.75) is 43.9 Å². The Labute approximate surface area is 102 Å². The standard InChI is InChI=1S/C10H13ClF2N2S/c11-6-3-8-14-15-9(16-8)7-1-4-10(12,13)5-2-7/h7H,1-6H2. The molecular weight excluding hydrogens is 254 g/mol. The van der Waals surface area contributed by atoms with Crippen LogP contribution in [-0.4, -0.2) is 22.0 Å². The minimum Gasteiger partial charge on any atom is -0.207 e. The summed E-state index contributed by atoms with van der Waals surface area (Å²) >= 11 is 7.12. The first-order valence-electron chi connectivity index (χ1n) is 5.37. The highest BCUT2D eigenvalue weighted by molar-refractivity contribution is 7.11. The third kappa shape index (κ3) is 2.88. The fourth-order valence-corrected chi connectivity index (χ4v) is 3.20. The Bertz CT molecular complexity index is 346. The van der Waals surface area contributed by atoms with Crippen LogP contribution >= 0.6 is 22.9 Å². The van der Waals surface area contributed by atoms with Gasteiger partial charge in [-0.05, 0) is 12.8 Å². The minimum atomic E-state index is -2.47. The van der Waals surface area contributed by atoms with Crippen LogP contribution in [0.25, 0.3) is 0 Å². The highest BCUT2D eigenvalue weighted by atomic mass is 35.5. The number of hydrogen-bond acceptors (Lipinski definition) is 3. The lowest BCUT2D eigenvalue weighted by atomic mass is 9.87. The van der Waals surface area contributed by atoms with Crippen molar-refractivity contribution in [3.05, 3.63) is 10.0 Å². The molecule has 0 aromatic carbocycles. The quantitative estimate of drug-likeness (QED) is 0.781. The molecule has 0 radical (unpaired) electrons. The molecule has 1 saturated carbocycles. The van der Waals surface area contributed by atoms with Crippen LogP contribution in [-0.2, 0) is 6.42 Å². The van der Waals surface area contributed by atoms with E-state index in [-0.39, 0.29) is 18.8 Å². The molecule has 1 heterocycles. The Morgan fingerprint density at radius 3 is 2.62 bits per heavy atom. The third-order valence-electron chi connectivity index (χ3n) is 2.86. The smallest absolute Gasteiger partial charge is 0.207 e. The van der Waals surface area contributed by atoms with Gasteiger partial charge in [-0.3, -0.25) is 0 Å². The molecule has 0 bridgehead atoms. The Morgan fingerprint density at radius 2 is 2.00 bits per heavy atom. The number of alkyl halides is 3. The summed E-state index contributed by atoms with van der Waals surface area (Å²) in [4.78, 5) is 0. The number of aryl methyl sites for hydroxylation is 1. The van der Waals surface area contributed by atoms with Gasteiger partial charge in [-0.2, -0.15) is 0 Å². The van der Waals surface area contributed by atoms with Gasteiger partial charge in [0, 0.05) is 31.1 Å². The van der Waals surface area contributed by atoms with Crippen LogP contribution in [0.2, 0.25) is 0 Å². The van der Waals surface area contributed by atoms with Crippen molar-refractivity contribution in [1.82, 2.24) is 10.2 Å². The van der Waals surface area contributed by atoms with E-state index in [1.807, 2.05) is 0 Å². The number of hydrogen-bond donors (Lipinski definition) is 0. The maximum Gasteiger partial charge on any atom is 0.248 e. The zero-order valence-corrected chi connectivity index (χ0v) is 10.3. The van der Waals surface area contributed by atoms with E-state index in [0.29, 0.717) is 25.1 Å². The normalized spacial score (nSPS) is 21.2. The second-order valence-corrected chi connectivity index (χ2v) is 5.57. The number of nitrogens with zero attached hydrogens (tertiary/aromatic N) is 2. The minimum absolute atomic E-state index is 0.0257. The molecule has 1 aromatic rings. The van der Waals surface area contributed by atoms with E-state index in [0.717, 1.165) is 10.0 Å². The second kappa shape index (κ2) is 4.92. The topological polar surface area (TPSA) is 25.8 Å². The molecule has 0 N–H and O–H groups in total. The average molecular weight is 267 g/mol. The summed E-state index contributed by atoms with van der Waals surface area (Å²) < 4.78 is 25.9. The monoisotopic (exact) mass is 266 g/mol. The molecule has 0 amide bonds. The van der Waals surface area contributed by atoms with Crippen molar-refractivity contribution in [1.29, 1.82) is 0 Å². The van der Waals surface area contributed by atoms with Crippen molar-refractivity contribution in [3.63, 3.8) is 0 Å². The second-order valence-electron chi connectivity index (χ2n) is 4.10. The van der Waals surface area contributed by atoms with E-state index in [1.165, 1.54) is 11.3 Å². The van der Waals surface area contributed by atoms with Crippen LogP contribution in [0, 0.1) is 0 Å². The van der Waals surface area contributed by atoms with E-state index in [4.69, 9.17) is 11.6 Å². The van der Waals surface area contributed by atoms with Crippen LogP contribution < -0.4 is 0 Å². The van der Waals surface area contributed by atoms with E-state index >= 15 is 0 Å². The number of halogens is 3. The molecule has 0 atom stereocenters. The summed E-state index contributed by atoms with van der Waals surface area (Å²) in [6.45, 7) is 0. The van der Waals surface area contributed by atoms with Gasteiger partial charge in [0.25, 0.3) is 0 Å². The molecule has 2 rings (SSSR count). The molecule has 0 aliphatic heterocycles. The van der Waals surface area contributed by atoms with Gasteiger partial charge >= 0.3 is 0 Å². The summed E-state index contributed by atoms with van der Waals surface area (Å²) in [5.74, 6) is -1.78. The SMILES string of the molecule is FC1(F)CCC(c2nnc(CCCl)s2)CC1. The van der Waals surface area contributed by atoms with Crippen LogP contribution in [0.15, 0.2) is 0 Å². The molecule has 0 unspecified atom stereocenters. The zero-order chi connectivity index (χ0) is 11.6. The van der Waals surface area contributed by atoms with Gasteiger partial charge in [-0.15, -0.1) is 33.1 Å². The van der Waals surface area contributed by atoms with Gasteiger partial charge in [-0.25, -0.2) is 8.78 Å². The van der Waals surface area contributed by atoms with E-state index in [2.05, 4.69) is 10.2 Å². The molecule has 1 aromatic heterocycles. The molecule has 1 aliphatic rings.